The zero-order valence-electron chi connectivity index (χ0n) is 17.8. The number of nitrogens with zero attached hydrogens (tertiary/aromatic N) is 3. The number of nitrogens with one attached hydrogen (secondary N) is 1. The van der Waals surface area contributed by atoms with E-state index in [-0.39, 0.29) is 32.0 Å². The minimum Gasteiger partial charge on any atom is -0.442 e. The summed E-state index contributed by atoms with van der Waals surface area (Å²) in [5, 5.41) is 21.2. The van der Waals surface area contributed by atoms with Crippen molar-refractivity contribution in [2.45, 2.75) is 33.0 Å². The molecule has 0 aliphatic carbocycles. The Labute approximate surface area is 196 Å². The van der Waals surface area contributed by atoms with Gasteiger partial charge in [0.15, 0.2) is 6.10 Å². The molecule has 2 aromatic rings. The summed E-state index contributed by atoms with van der Waals surface area (Å²) in [6.07, 6.45) is -0.750. The molecular weight excluding hydrogens is 447 g/mol. The van der Waals surface area contributed by atoms with E-state index in [1.165, 1.54) is 35.1 Å². The van der Waals surface area contributed by atoms with Crippen LogP contribution in [0.2, 0.25) is 0 Å². The molecule has 0 bridgehead atoms. The summed E-state index contributed by atoms with van der Waals surface area (Å²) in [6, 6.07) is 6.10. The van der Waals surface area contributed by atoms with Crippen molar-refractivity contribution >= 4 is 29.4 Å². The van der Waals surface area contributed by atoms with Gasteiger partial charge in [-0.15, -0.1) is 0 Å². The topological polar surface area (TPSA) is 132 Å². The van der Waals surface area contributed by atoms with Gasteiger partial charge in [0.2, 0.25) is 5.91 Å². The molecule has 2 aliphatic heterocycles. The van der Waals surface area contributed by atoms with Crippen molar-refractivity contribution in [1.29, 1.82) is 0 Å². The molecule has 1 aromatic heterocycles. The molecule has 1 fully saturated rings. The monoisotopic (exact) mass is 474 g/mol. The van der Waals surface area contributed by atoms with Crippen LogP contribution < -0.4 is 15.1 Å². The normalized spacial score (nSPS) is 17.6. The number of anilines is 2. The fourth-order valence-corrected chi connectivity index (χ4v) is 3.89. The van der Waals surface area contributed by atoms with Crippen LogP contribution >= 0.6 is 0 Å². The second kappa shape index (κ2) is 10.1. The molecule has 34 heavy (non-hydrogen) atoms. The number of hydrogen-bond donors (Lipinski definition) is 3. The number of ether oxygens (including phenoxy) is 1. The van der Waals surface area contributed by atoms with Crippen LogP contribution in [-0.4, -0.2) is 71.6 Å². The zero-order valence-corrected chi connectivity index (χ0v) is 17.8. The van der Waals surface area contributed by atoms with Gasteiger partial charge in [-0.05, 0) is 36.2 Å². The lowest BCUT2D eigenvalue weighted by atomic mass is 10.0. The lowest BCUT2D eigenvalue weighted by molar-refractivity contribution is -0.128. The molecule has 3 N–H and O–H groups in total. The van der Waals surface area contributed by atoms with Gasteiger partial charge in [-0.3, -0.25) is 19.4 Å². The summed E-state index contributed by atoms with van der Waals surface area (Å²) >= 11 is 0. The van der Waals surface area contributed by atoms with Gasteiger partial charge in [0.25, 0.3) is 5.91 Å². The average Bonchev–Trinajstić information content (AvgIpc) is 3.39. The molecule has 0 saturated carbocycles. The molecule has 0 radical (unpaired) electrons. The number of cyclic esters (lactones) is 1. The van der Waals surface area contributed by atoms with E-state index in [0.29, 0.717) is 30.0 Å². The van der Waals surface area contributed by atoms with Crippen molar-refractivity contribution in [1.82, 2.24) is 10.3 Å². The number of aliphatic hydroxyl groups excluding tert-OH is 2. The summed E-state index contributed by atoms with van der Waals surface area (Å²) in [4.78, 5) is 42.3. The molecule has 3 heterocycles. The Morgan fingerprint density at radius 1 is 1.35 bits per heavy atom. The Hall–Kier alpha value is -3.57. The van der Waals surface area contributed by atoms with Crippen molar-refractivity contribution in [3.05, 3.63) is 41.8 Å². The van der Waals surface area contributed by atoms with Crippen molar-refractivity contribution in [3.63, 3.8) is 0 Å². The molecule has 2 atom stereocenters. The third kappa shape index (κ3) is 4.85. The van der Waals surface area contributed by atoms with Gasteiger partial charge in [-0.2, -0.15) is 0 Å². The fourth-order valence-electron chi connectivity index (χ4n) is 3.89. The molecular formula is C23H27FN4O6. The van der Waals surface area contributed by atoms with Crippen molar-refractivity contribution in [2.24, 2.45) is 0 Å². The van der Waals surface area contributed by atoms with E-state index in [1.807, 2.05) is 0 Å². The standard InChI is InChI=1S/C22H23FN4O6.CH4/c1-12(29)24-9-16-10-27(22(32)33-16)15-2-3-17(18(23)7-15)14-6-13-4-5-26(20(13)25-8-14)21(31)19(30)11-28;/h2-3,6-8,16,19,28,30H,4-5,9-11H2,1H3,(H,24,29);1H4/t16-,19-;/m0./s1. The SMILES string of the molecule is C.CC(=O)NC[C@H]1CN(c2ccc(-c3cnc4c(c3)CCN4C(=O)[C@@H](O)CO)c(F)c2)C(=O)O1. The molecule has 10 nitrogen and oxygen atoms in total. The Morgan fingerprint density at radius 2 is 2.12 bits per heavy atom. The highest BCUT2D eigenvalue weighted by atomic mass is 19.1. The van der Waals surface area contributed by atoms with Crippen molar-refractivity contribution in [2.75, 3.05) is 36.0 Å². The fraction of sp³-hybridized carbons (Fsp3) is 0.391. The third-order valence-electron chi connectivity index (χ3n) is 5.56. The molecule has 0 unspecified atom stereocenters. The summed E-state index contributed by atoms with van der Waals surface area (Å²) in [7, 11) is 0. The Balaban J connectivity index is 0.00000324. The maximum absolute atomic E-state index is 15.0. The number of rotatable bonds is 6. The minimum absolute atomic E-state index is 0. The van der Waals surface area contributed by atoms with Gasteiger partial charge >= 0.3 is 6.09 Å². The molecule has 11 heteroatoms. The number of halogens is 1. The van der Waals surface area contributed by atoms with E-state index < -0.39 is 36.6 Å². The average molecular weight is 474 g/mol. The molecule has 0 spiro atoms. The number of fused-ring (bicyclic) bond motifs is 1. The smallest absolute Gasteiger partial charge is 0.414 e. The number of carbonyl (C=O) groups excluding carboxylic acids is 3. The predicted molar refractivity (Wildman–Crippen MR) is 122 cm³/mol. The number of amides is 3. The van der Waals surface area contributed by atoms with Crippen LogP contribution in [-0.2, 0) is 20.7 Å². The van der Waals surface area contributed by atoms with E-state index in [9.17, 15) is 23.9 Å². The lowest BCUT2D eigenvalue weighted by Gasteiger charge is -2.19. The van der Waals surface area contributed by atoms with Crippen LogP contribution in [0.4, 0.5) is 20.7 Å². The number of aromatic nitrogens is 1. The first-order valence-corrected chi connectivity index (χ1v) is 10.4. The maximum atomic E-state index is 15.0. The van der Waals surface area contributed by atoms with Crippen LogP contribution in [0.25, 0.3) is 11.1 Å². The highest BCUT2D eigenvalue weighted by Crippen LogP contribution is 2.33. The number of aliphatic hydroxyl groups is 2. The molecule has 2 aliphatic rings. The summed E-state index contributed by atoms with van der Waals surface area (Å²) in [5.74, 6) is -1.06. The molecule has 4 rings (SSSR count). The van der Waals surface area contributed by atoms with E-state index in [2.05, 4.69) is 10.3 Å². The highest BCUT2D eigenvalue weighted by Gasteiger charge is 2.33. The number of hydrogen-bond acceptors (Lipinski definition) is 7. The number of pyridine rings is 1. The second-order valence-electron chi connectivity index (χ2n) is 7.86. The Morgan fingerprint density at radius 3 is 2.79 bits per heavy atom. The van der Waals surface area contributed by atoms with E-state index in [1.54, 1.807) is 12.1 Å². The number of benzene rings is 1. The van der Waals surface area contributed by atoms with Gasteiger partial charge < -0.3 is 20.3 Å². The van der Waals surface area contributed by atoms with Gasteiger partial charge in [0.05, 0.1) is 25.4 Å². The van der Waals surface area contributed by atoms with Crippen LogP contribution in [0, 0.1) is 5.82 Å². The minimum atomic E-state index is -1.52. The molecule has 3 amide bonds. The third-order valence-corrected chi connectivity index (χ3v) is 5.56. The van der Waals surface area contributed by atoms with Crippen LogP contribution in [0.3, 0.4) is 0 Å². The Kier molecular flexibility index (Phi) is 7.48. The van der Waals surface area contributed by atoms with Gasteiger partial charge in [0, 0.05) is 30.8 Å². The van der Waals surface area contributed by atoms with Crippen molar-refractivity contribution in [3.8, 4) is 11.1 Å². The van der Waals surface area contributed by atoms with E-state index in [0.717, 1.165) is 5.56 Å². The van der Waals surface area contributed by atoms with Crippen LogP contribution in [0.5, 0.6) is 0 Å². The van der Waals surface area contributed by atoms with Gasteiger partial charge in [-0.1, -0.05) is 7.43 Å². The number of carbonyl (C=O) groups is 3. The second-order valence-corrected chi connectivity index (χ2v) is 7.86. The van der Waals surface area contributed by atoms with Crippen molar-refractivity contribution < 1.29 is 33.7 Å². The van der Waals surface area contributed by atoms with Gasteiger partial charge in [0.1, 0.15) is 17.7 Å². The highest BCUT2D eigenvalue weighted by molar-refractivity contribution is 5.97. The largest absolute Gasteiger partial charge is 0.442 e. The Bertz CT molecular complexity index is 1110. The maximum Gasteiger partial charge on any atom is 0.414 e. The first-order valence-electron chi connectivity index (χ1n) is 10.4. The first-order chi connectivity index (χ1) is 15.8. The molecule has 1 aromatic carbocycles. The lowest BCUT2D eigenvalue weighted by Crippen LogP contribution is -2.40. The predicted octanol–water partition coefficient (Wildman–Crippen LogP) is 1.23. The quantitative estimate of drug-likeness (QED) is 0.574. The van der Waals surface area contributed by atoms with Crippen LogP contribution in [0.1, 0.15) is 19.9 Å². The zero-order chi connectivity index (χ0) is 23.7. The molecule has 1 saturated heterocycles. The summed E-state index contributed by atoms with van der Waals surface area (Å²) in [6.45, 7) is 1.35. The molecule has 182 valence electrons. The summed E-state index contributed by atoms with van der Waals surface area (Å²) in [5.41, 5.74) is 1.83. The van der Waals surface area contributed by atoms with E-state index in [4.69, 9.17) is 9.84 Å². The summed E-state index contributed by atoms with van der Waals surface area (Å²) < 4.78 is 20.2. The van der Waals surface area contributed by atoms with E-state index >= 15 is 0 Å². The first kappa shape index (κ1) is 25.1. The van der Waals surface area contributed by atoms with Crippen LogP contribution in [0.15, 0.2) is 30.5 Å². The van der Waals surface area contributed by atoms with Gasteiger partial charge in [-0.25, -0.2) is 14.2 Å².